The first-order chi connectivity index (χ1) is 15.2. The van der Waals surface area contributed by atoms with Crippen LogP contribution in [0, 0.1) is 0 Å². The summed E-state index contributed by atoms with van der Waals surface area (Å²) in [6.45, 7) is 1.52. The van der Waals surface area contributed by atoms with E-state index in [0.717, 1.165) is 17.8 Å². The van der Waals surface area contributed by atoms with Crippen LogP contribution in [0.2, 0.25) is 5.02 Å². The number of amides is 1. The number of carbonyl (C=O) groups excluding carboxylic acids is 1. The molecule has 0 saturated carbocycles. The molecule has 9 nitrogen and oxygen atoms in total. The Kier molecular flexibility index (Phi) is 7.68. The maximum atomic E-state index is 12.4. The third-order valence-electron chi connectivity index (χ3n) is 5.24. The first-order valence-corrected chi connectivity index (χ1v) is 10.5. The summed E-state index contributed by atoms with van der Waals surface area (Å²) < 4.78 is 0. The van der Waals surface area contributed by atoms with Crippen LogP contribution in [0.5, 0.6) is 0 Å². The summed E-state index contributed by atoms with van der Waals surface area (Å²) in [4.78, 5) is 29.2. The lowest BCUT2D eigenvalue weighted by Gasteiger charge is -2.22. The molecule has 1 aliphatic heterocycles. The van der Waals surface area contributed by atoms with Crippen molar-refractivity contribution in [1.29, 1.82) is 0 Å². The summed E-state index contributed by atoms with van der Waals surface area (Å²) in [5.74, 6) is -1.68. The molecular weight excluding hydrogens is 434 g/mol. The average Bonchev–Trinajstić information content (AvgIpc) is 3.19. The second-order valence-electron chi connectivity index (χ2n) is 7.63. The summed E-state index contributed by atoms with van der Waals surface area (Å²) in [5, 5.41) is 22.2. The van der Waals surface area contributed by atoms with Gasteiger partial charge < -0.3 is 31.9 Å². The molecule has 1 fully saturated rings. The van der Waals surface area contributed by atoms with Gasteiger partial charge in [-0.3, -0.25) is 9.59 Å². The molecule has 3 rings (SSSR count). The van der Waals surface area contributed by atoms with E-state index in [9.17, 15) is 14.7 Å². The molecule has 1 heterocycles. The highest BCUT2D eigenvalue weighted by atomic mass is 35.5. The number of hydrogen-bond donors (Lipinski definition) is 5. The molecule has 0 spiro atoms. The number of carbonyl (C=O) groups is 2. The lowest BCUT2D eigenvalue weighted by molar-refractivity contribution is -0.138. The van der Waals surface area contributed by atoms with E-state index in [0.29, 0.717) is 29.1 Å². The standard InChI is InChI=1S/C22H26ClN5O4/c23-17-2-1-3-19(28-9-8-15(29)12-28)16(17)11-26-22(25)27-20(30)14-6-4-13(5-7-14)10-18(24)21(31)32/h1-7,15,18,29H,8-12,24H2,(H,31,32)(H3,25,26,27,30)/t15?,18-/m0/s1. The van der Waals surface area contributed by atoms with E-state index in [4.69, 9.17) is 28.2 Å². The number of carboxylic acid groups (broad SMARTS) is 1. The van der Waals surface area contributed by atoms with Gasteiger partial charge in [-0.1, -0.05) is 29.8 Å². The molecular formula is C22H26ClN5O4. The van der Waals surface area contributed by atoms with Gasteiger partial charge in [-0.2, -0.15) is 4.99 Å². The van der Waals surface area contributed by atoms with Crippen molar-refractivity contribution in [3.63, 3.8) is 0 Å². The van der Waals surface area contributed by atoms with Gasteiger partial charge in [-0.25, -0.2) is 0 Å². The molecule has 10 heteroatoms. The molecule has 2 atom stereocenters. The average molecular weight is 460 g/mol. The van der Waals surface area contributed by atoms with Crippen molar-refractivity contribution in [3.05, 3.63) is 64.2 Å². The minimum absolute atomic E-state index is 0.0562. The summed E-state index contributed by atoms with van der Waals surface area (Å²) >= 11 is 6.38. The van der Waals surface area contributed by atoms with Gasteiger partial charge in [0.1, 0.15) is 6.04 Å². The second kappa shape index (κ2) is 10.4. The van der Waals surface area contributed by atoms with Gasteiger partial charge in [0.15, 0.2) is 5.96 Å². The first-order valence-electron chi connectivity index (χ1n) is 10.1. The van der Waals surface area contributed by atoms with Gasteiger partial charge in [0.2, 0.25) is 0 Å². The summed E-state index contributed by atoms with van der Waals surface area (Å²) in [7, 11) is 0. The number of aliphatic hydroxyl groups excluding tert-OH is 1. The third-order valence-corrected chi connectivity index (χ3v) is 5.59. The minimum Gasteiger partial charge on any atom is -0.480 e. The molecule has 0 radical (unpaired) electrons. The Morgan fingerprint density at radius 3 is 2.59 bits per heavy atom. The SMILES string of the molecule is NC(=NC(=O)c1ccc(C[C@H](N)C(=O)O)cc1)NCc1c(Cl)cccc1N1CCC(O)C1. The largest absolute Gasteiger partial charge is 0.480 e. The molecule has 1 saturated heterocycles. The number of aliphatic hydroxyl groups is 1. The number of anilines is 1. The van der Waals surface area contributed by atoms with Crippen LogP contribution in [0.25, 0.3) is 0 Å². The Hall–Kier alpha value is -3.14. The van der Waals surface area contributed by atoms with Gasteiger partial charge >= 0.3 is 5.97 Å². The Morgan fingerprint density at radius 1 is 1.25 bits per heavy atom. The number of aliphatic carboxylic acids is 1. The number of carboxylic acids is 1. The molecule has 2 aromatic carbocycles. The van der Waals surface area contributed by atoms with E-state index in [-0.39, 0.29) is 25.0 Å². The lowest BCUT2D eigenvalue weighted by Crippen LogP contribution is -2.33. The van der Waals surface area contributed by atoms with E-state index in [1.807, 2.05) is 12.1 Å². The number of nitrogens with two attached hydrogens (primary N) is 2. The second-order valence-corrected chi connectivity index (χ2v) is 8.03. The molecule has 7 N–H and O–H groups in total. The van der Waals surface area contributed by atoms with Crippen molar-refractivity contribution in [1.82, 2.24) is 5.32 Å². The molecule has 0 aliphatic carbocycles. The van der Waals surface area contributed by atoms with E-state index in [1.54, 1.807) is 30.3 Å². The number of guanidine groups is 1. The smallest absolute Gasteiger partial charge is 0.320 e. The van der Waals surface area contributed by atoms with Crippen LogP contribution in [-0.2, 0) is 17.8 Å². The molecule has 0 aromatic heterocycles. The highest BCUT2D eigenvalue weighted by Crippen LogP contribution is 2.30. The molecule has 1 unspecified atom stereocenters. The predicted octanol–water partition coefficient (Wildman–Crippen LogP) is 1.11. The minimum atomic E-state index is -1.09. The summed E-state index contributed by atoms with van der Waals surface area (Å²) in [6.07, 6.45) is 0.481. The van der Waals surface area contributed by atoms with Crippen molar-refractivity contribution in [2.45, 2.75) is 31.5 Å². The Balaban J connectivity index is 1.64. The molecule has 0 bridgehead atoms. The number of hydrogen-bond acceptors (Lipinski definition) is 5. The zero-order chi connectivity index (χ0) is 23.3. The maximum absolute atomic E-state index is 12.4. The van der Waals surface area contributed by atoms with Crippen LogP contribution in [0.15, 0.2) is 47.5 Å². The number of nitrogens with zero attached hydrogens (tertiary/aromatic N) is 2. The van der Waals surface area contributed by atoms with Crippen molar-refractivity contribution < 1.29 is 19.8 Å². The zero-order valence-corrected chi connectivity index (χ0v) is 18.1. The fourth-order valence-corrected chi connectivity index (χ4v) is 3.73. The quantitative estimate of drug-likeness (QED) is 0.304. The van der Waals surface area contributed by atoms with E-state index >= 15 is 0 Å². The Morgan fingerprint density at radius 2 is 1.97 bits per heavy atom. The zero-order valence-electron chi connectivity index (χ0n) is 17.4. The number of aliphatic imine (C=N–C) groups is 1. The van der Waals surface area contributed by atoms with Crippen molar-refractivity contribution in [2.24, 2.45) is 16.5 Å². The van der Waals surface area contributed by atoms with Gasteiger partial charge in [-0.15, -0.1) is 0 Å². The summed E-state index contributed by atoms with van der Waals surface area (Å²) in [5.41, 5.74) is 14.1. The fraction of sp³-hybridized carbons (Fsp3) is 0.318. The monoisotopic (exact) mass is 459 g/mol. The fourth-order valence-electron chi connectivity index (χ4n) is 3.50. The molecule has 170 valence electrons. The van der Waals surface area contributed by atoms with Gasteiger partial charge in [-0.05, 0) is 42.7 Å². The number of benzene rings is 2. The van der Waals surface area contributed by atoms with Crippen LogP contribution >= 0.6 is 11.6 Å². The van der Waals surface area contributed by atoms with Crippen LogP contribution in [-0.4, -0.2) is 53.3 Å². The normalized spacial score (nSPS) is 17.3. The molecule has 1 amide bonds. The maximum Gasteiger partial charge on any atom is 0.320 e. The number of rotatable bonds is 7. The van der Waals surface area contributed by atoms with Crippen LogP contribution in [0.1, 0.15) is 27.9 Å². The molecule has 1 aliphatic rings. The van der Waals surface area contributed by atoms with Crippen LogP contribution in [0.3, 0.4) is 0 Å². The highest BCUT2D eigenvalue weighted by Gasteiger charge is 2.23. The third kappa shape index (κ3) is 5.97. The lowest BCUT2D eigenvalue weighted by atomic mass is 10.0. The molecule has 2 aromatic rings. The van der Waals surface area contributed by atoms with E-state index in [1.165, 1.54) is 0 Å². The number of β-amino-alcohol motifs (C(OH)–C–C–N with tert-alkyl or cyclic N) is 1. The first kappa shape index (κ1) is 23.5. The van der Waals surface area contributed by atoms with Gasteiger partial charge in [0.05, 0.1) is 6.10 Å². The van der Waals surface area contributed by atoms with Gasteiger partial charge in [0, 0.05) is 41.5 Å². The van der Waals surface area contributed by atoms with E-state index < -0.39 is 17.9 Å². The van der Waals surface area contributed by atoms with Crippen molar-refractivity contribution in [3.8, 4) is 0 Å². The van der Waals surface area contributed by atoms with E-state index in [2.05, 4.69) is 15.2 Å². The summed E-state index contributed by atoms with van der Waals surface area (Å²) in [6, 6.07) is 10.9. The van der Waals surface area contributed by atoms with Crippen LogP contribution in [0.4, 0.5) is 5.69 Å². The van der Waals surface area contributed by atoms with Gasteiger partial charge in [0.25, 0.3) is 5.91 Å². The highest BCUT2D eigenvalue weighted by molar-refractivity contribution is 6.31. The van der Waals surface area contributed by atoms with Crippen molar-refractivity contribution in [2.75, 3.05) is 18.0 Å². The number of nitrogens with one attached hydrogen (secondary N) is 1. The Labute approximate surface area is 190 Å². The topological polar surface area (TPSA) is 154 Å². The Bertz CT molecular complexity index is 1010. The van der Waals surface area contributed by atoms with Crippen LogP contribution < -0.4 is 21.7 Å². The van der Waals surface area contributed by atoms with Crippen molar-refractivity contribution >= 4 is 35.1 Å². The number of halogens is 1. The molecule has 32 heavy (non-hydrogen) atoms. The predicted molar refractivity (Wildman–Crippen MR) is 123 cm³/mol.